The molecule has 1 rings (SSSR count). The maximum Gasteiger partial charge on any atom is 0.128 e. The minimum atomic E-state index is 0.157. The number of phenols is 2. The molecule has 120 valence electrons. The van der Waals surface area contributed by atoms with E-state index in [1.807, 2.05) is 14.1 Å². The third kappa shape index (κ3) is 5.04. The minimum Gasteiger partial charge on any atom is -0.508 e. The molecule has 0 aliphatic heterocycles. The van der Waals surface area contributed by atoms with Gasteiger partial charge in [-0.3, -0.25) is 4.99 Å². The maximum atomic E-state index is 10.4. The fourth-order valence-electron chi connectivity index (χ4n) is 2.22. The van der Waals surface area contributed by atoms with Crippen molar-refractivity contribution in [1.82, 2.24) is 4.90 Å². The summed E-state index contributed by atoms with van der Waals surface area (Å²) in [5, 5.41) is 20.6. The lowest BCUT2D eigenvalue weighted by Gasteiger charge is -2.13. The van der Waals surface area contributed by atoms with Crippen LogP contribution < -0.4 is 0 Å². The lowest BCUT2D eigenvalue weighted by molar-refractivity contribution is 0.403. The van der Waals surface area contributed by atoms with E-state index >= 15 is 0 Å². The molecule has 1 aromatic rings. The van der Waals surface area contributed by atoms with Gasteiger partial charge in [0.05, 0.1) is 0 Å². The molecule has 22 heavy (non-hydrogen) atoms. The molecule has 4 nitrogen and oxygen atoms in total. The summed E-state index contributed by atoms with van der Waals surface area (Å²) in [4.78, 5) is 6.48. The van der Waals surface area contributed by atoms with Gasteiger partial charge in [-0.1, -0.05) is 12.2 Å². The second-order valence-electron chi connectivity index (χ2n) is 5.47. The van der Waals surface area contributed by atoms with Gasteiger partial charge in [0.15, 0.2) is 0 Å². The van der Waals surface area contributed by atoms with Gasteiger partial charge in [-0.05, 0) is 46.0 Å². The third-order valence-corrected chi connectivity index (χ3v) is 3.33. The number of aromatic hydroxyl groups is 2. The summed E-state index contributed by atoms with van der Waals surface area (Å²) in [5.41, 5.74) is 1.87. The van der Waals surface area contributed by atoms with Gasteiger partial charge in [-0.2, -0.15) is 0 Å². The minimum absolute atomic E-state index is 0.157. The number of hydrogen-bond acceptors (Lipinski definition) is 4. The molecule has 0 aliphatic rings. The molecular formula is C18H26N2O2. The molecule has 0 saturated carbocycles. The van der Waals surface area contributed by atoms with Crippen LogP contribution >= 0.6 is 0 Å². The van der Waals surface area contributed by atoms with Gasteiger partial charge in [0.2, 0.25) is 0 Å². The van der Waals surface area contributed by atoms with Gasteiger partial charge in [-0.25, -0.2) is 0 Å². The average Bonchev–Trinajstić information content (AvgIpc) is 2.46. The summed E-state index contributed by atoms with van der Waals surface area (Å²) in [5.74, 6) is 0.315. The van der Waals surface area contributed by atoms with Crippen molar-refractivity contribution in [3.8, 4) is 11.5 Å². The van der Waals surface area contributed by atoms with E-state index in [4.69, 9.17) is 0 Å². The molecule has 0 fully saturated rings. The first-order valence-corrected chi connectivity index (χ1v) is 7.44. The first-order chi connectivity index (χ1) is 10.5. The molecule has 0 spiro atoms. The summed E-state index contributed by atoms with van der Waals surface area (Å²) in [6, 6.07) is 1.58. The van der Waals surface area contributed by atoms with Crippen LogP contribution in [0, 0.1) is 0 Å². The summed E-state index contributed by atoms with van der Waals surface area (Å²) < 4.78 is 0. The lowest BCUT2D eigenvalue weighted by atomic mass is 9.97. The van der Waals surface area contributed by atoms with Crippen molar-refractivity contribution in [2.45, 2.75) is 19.3 Å². The van der Waals surface area contributed by atoms with Crippen LogP contribution in [0.2, 0.25) is 0 Å². The zero-order valence-electron chi connectivity index (χ0n) is 13.5. The molecule has 0 bridgehead atoms. The normalized spacial score (nSPS) is 11.2. The lowest BCUT2D eigenvalue weighted by Crippen LogP contribution is -2.13. The van der Waals surface area contributed by atoms with Crippen LogP contribution in [-0.2, 0) is 12.8 Å². The summed E-state index contributed by atoms with van der Waals surface area (Å²) >= 11 is 0. The molecule has 0 aliphatic carbocycles. The average molecular weight is 302 g/mol. The summed E-state index contributed by atoms with van der Waals surface area (Å²) in [6.45, 7) is 9.01. The fourth-order valence-corrected chi connectivity index (χ4v) is 2.22. The van der Waals surface area contributed by atoms with Gasteiger partial charge in [0, 0.05) is 29.4 Å². The summed E-state index contributed by atoms with van der Waals surface area (Å²) in [7, 11) is 4.04. The maximum absolute atomic E-state index is 10.4. The molecule has 0 amide bonds. The Bertz CT molecular complexity index is 549. The van der Waals surface area contributed by atoms with Crippen molar-refractivity contribution in [2.24, 2.45) is 4.99 Å². The Morgan fingerprint density at radius 1 is 1.18 bits per heavy atom. The third-order valence-electron chi connectivity index (χ3n) is 3.33. The van der Waals surface area contributed by atoms with Gasteiger partial charge in [0.25, 0.3) is 0 Å². The van der Waals surface area contributed by atoms with Crippen molar-refractivity contribution >= 4 is 6.21 Å². The summed E-state index contributed by atoms with van der Waals surface area (Å²) in [6.07, 6.45) is 6.96. The molecule has 0 unspecified atom stereocenters. The molecule has 4 heteroatoms. The van der Waals surface area contributed by atoms with E-state index in [1.54, 1.807) is 24.4 Å². The fraction of sp³-hybridized carbons (Fsp3) is 0.389. The Balaban J connectivity index is 3.04. The van der Waals surface area contributed by atoms with Gasteiger partial charge in [0.1, 0.15) is 11.5 Å². The predicted octanol–water partition coefficient (Wildman–Crippen LogP) is 2.93. The molecule has 0 atom stereocenters. The van der Waals surface area contributed by atoms with Crippen molar-refractivity contribution in [1.29, 1.82) is 0 Å². The van der Waals surface area contributed by atoms with E-state index in [0.717, 1.165) is 13.0 Å². The van der Waals surface area contributed by atoms with Crippen LogP contribution in [0.4, 0.5) is 0 Å². The van der Waals surface area contributed by atoms with Crippen LogP contribution in [-0.4, -0.2) is 48.5 Å². The highest BCUT2D eigenvalue weighted by molar-refractivity contribution is 5.87. The van der Waals surface area contributed by atoms with Gasteiger partial charge in [-0.15, -0.1) is 13.2 Å². The highest BCUT2D eigenvalue weighted by atomic mass is 16.3. The standard InChI is InChI=1S/C18H26N2O2/c1-5-8-14-12-17(21)15(9-6-2)16(18(14)22)13-19-10-7-11-20(3)4/h5-6,12-13,21-22H,1-2,7-11H2,3-4H3. The van der Waals surface area contributed by atoms with Crippen molar-refractivity contribution in [3.63, 3.8) is 0 Å². The Morgan fingerprint density at radius 3 is 2.45 bits per heavy atom. The number of phenolic OH excluding ortho intramolecular Hbond substituents is 2. The van der Waals surface area contributed by atoms with E-state index < -0.39 is 0 Å². The van der Waals surface area contributed by atoms with E-state index in [1.165, 1.54) is 0 Å². The Labute approximate surface area is 133 Å². The largest absolute Gasteiger partial charge is 0.508 e. The van der Waals surface area contributed by atoms with Crippen LogP contribution in [0.3, 0.4) is 0 Å². The van der Waals surface area contributed by atoms with Crippen molar-refractivity contribution < 1.29 is 10.2 Å². The highest BCUT2D eigenvalue weighted by Gasteiger charge is 2.14. The van der Waals surface area contributed by atoms with Crippen LogP contribution in [0.5, 0.6) is 11.5 Å². The smallest absolute Gasteiger partial charge is 0.128 e. The van der Waals surface area contributed by atoms with Crippen molar-refractivity contribution in [3.05, 3.63) is 48.1 Å². The van der Waals surface area contributed by atoms with E-state index in [9.17, 15) is 10.2 Å². The second kappa shape index (κ2) is 9.05. The van der Waals surface area contributed by atoms with Gasteiger partial charge < -0.3 is 15.1 Å². The number of allylic oxidation sites excluding steroid dienone is 2. The molecule has 0 radical (unpaired) electrons. The second-order valence-corrected chi connectivity index (χ2v) is 5.47. The number of rotatable bonds is 9. The van der Waals surface area contributed by atoms with Crippen LogP contribution in [0.15, 0.2) is 36.4 Å². The molecule has 0 aromatic heterocycles. The quantitative estimate of drug-likeness (QED) is 0.319. The van der Waals surface area contributed by atoms with E-state index in [-0.39, 0.29) is 11.5 Å². The van der Waals surface area contributed by atoms with Crippen molar-refractivity contribution in [2.75, 3.05) is 27.2 Å². The number of aliphatic imine (C=N–C) groups is 1. The number of benzene rings is 1. The monoisotopic (exact) mass is 302 g/mol. The Morgan fingerprint density at radius 2 is 1.86 bits per heavy atom. The van der Waals surface area contributed by atoms with Crippen LogP contribution in [0.25, 0.3) is 0 Å². The topological polar surface area (TPSA) is 56.1 Å². The first-order valence-electron chi connectivity index (χ1n) is 7.44. The molecule has 0 saturated heterocycles. The van der Waals surface area contributed by atoms with Crippen LogP contribution in [0.1, 0.15) is 23.1 Å². The zero-order chi connectivity index (χ0) is 16.5. The first kappa shape index (κ1) is 18.0. The number of hydrogen-bond donors (Lipinski definition) is 2. The highest BCUT2D eigenvalue weighted by Crippen LogP contribution is 2.33. The molecule has 0 heterocycles. The zero-order valence-corrected chi connectivity index (χ0v) is 13.5. The van der Waals surface area contributed by atoms with E-state index in [0.29, 0.717) is 36.1 Å². The predicted molar refractivity (Wildman–Crippen MR) is 93.2 cm³/mol. The molecular weight excluding hydrogens is 276 g/mol. The van der Waals surface area contributed by atoms with E-state index in [2.05, 4.69) is 23.1 Å². The Hall–Kier alpha value is -2.07. The molecule has 2 N–H and O–H groups in total. The van der Waals surface area contributed by atoms with Gasteiger partial charge >= 0.3 is 0 Å². The Kier molecular flexibility index (Phi) is 7.40. The molecule has 1 aromatic carbocycles. The number of nitrogens with zero attached hydrogens (tertiary/aromatic N) is 2. The SMILES string of the molecule is C=CCc1cc(O)c(CC=C)c(C=NCCCN(C)C)c1O.